The maximum Gasteiger partial charge on any atom is 0.275 e. The fraction of sp³-hybridized carbons (Fsp3) is 0.526. The van der Waals surface area contributed by atoms with Crippen molar-refractivity contribution < 1.29 is 19.7 Å². The number of piperidine rings is 1. The summed E-state index contributed by atoms with van der Waals surface area (Å²) >= 11 is 1.45. The number of nitrogens with zero attached hydrogens (tertiary/aromatic N) is 4. The molecule has 2 aromatic rings. The number of morpholine rings is 1. The molecule has 2 aliphatic heterocycles. The lowest BCUT2D eigenvalue weighted by Crippen LogP contribution is -2.47. The summed E-state index contributed by atoms with van der Waals surface area (Å²) in [6, 6.07) is 3.58. The zero-order valence-corrected chi connectivity index (χ0v) is 16.9. The van der Waals surface area contributed by atoms with Crippen LogP contribution in [-0.2, 0) is 4.74 Å². The first-order valence-electron chi connectivity index (χ1n) is 9.71. The number of anilines is 3. The van der Waals surface area contributed by atoms with Gasteiger partial charge in [0.05, 0.1) is 31.1 Å². The molecule has 0 aliphatic carbocycles. The molecule has 1 amide bonds. The first kappa shape index (κ1) is 20.0. The highest BCUT2D eigenvalue weighted by atomic mass is 32.1. The largest absolute Gasteiger partial charge is 0.393 e. The van der Waals surface area contributed by atoms with Crippen LogP contribution < -0.4 is 15.1 Å². The van der Waals surface area contributed by atoms with Crippen LogP contribution in [0.4, 0.5) is 16.6 Å². The first-order valence-corrected chi connectivity index (χ1v) is 10.6. The van der Waals surface area contributed by atoms with Crippen LogP contribution in [0.5, 0.6) is 0 Å². The lowest BCUT2D eigenvalue weighted by Gasteiger charge is -2.38. The molecule has 9 nitrogen and oxygen atoms in total. The Morgan fingerprint density at radius 3 is 2.72 bits per heavy atom. The molecule has 2 aliphatic rings. The van der Waals surface area contributed by atoms with Gasteiger partial charge in [-0.15, -0.1) is 11.3 Å². The minimum absolute atomic E-state index is 0.248. The van der Waals surface area contributed by atoms with Gasteiger partial charge >= 0.3 is 0 Å². The van der Waals surface area contributed by atoms with Crippen molar-refractivity contribution >= 4 is 33.9 Å². The molecular formula is C19H25N5O4S. The predicted octanol–water partition coefficient (Wildman–Crippen LogP) is 0.951. The molecule has 0 unspecified atom stereocenters. The third-order valence-electron chi connectivity index (χ3n) is 5.33. The van der Waals surface area contributed by atoms with Gasteiger partial charge in [0.25, 0.3) is 5.91 Å². The number of aliphatic hydroxyl groups excluding tert-OH is 1. The third kappa shape index (κ3) is 4.50. The van der Waals surface area contributed by atoms with Gasteiger partial charge in [-0.05, 0) is 25.0 Å². The number of amides is 1. The Hall–Kier alpha value is -2.27. The average Bonchev–Trinajstić information content (AvgIpc) is 3.26. The summed E-state index contributed by atoms with van der Waals surface area (Å²) in [6.07, 6.45) is 2.57. The van der Waals surface area contributed by atoms with Crippen molar-refractivity contribution in [2.75, 3.05) is 61.1 Å². The van der Waals surface area contributed by atoms with Gasteiger partial charge in [0, 0.05) is 37.8 Å². The van der Waals surface area contributed by atoms with Crippen LogP contribution in [-0.4, -0.2) is 77.7 Å². The van der Waals surface area contributed by atoms with E-state index in [1.54, 1.807) is 17.6 Å². The summed E-state index contributed by atoms with van der Waals surface area (Å²) in [4.78, 5) is 25.8. The Balaban J connectivity index is 1.45. The van der Waals surface area contributed by atoms with E-state index in [2.05, 4.69) is 20.2 Å². The highest BCUT2D eigenvalue weighted by molar-refractivity contribution is 7.14. The number of aromatic nitrogens is 2. The Kier molecular flexibility index (Phi) is 5.95. The van der Waals surface area contributed by atoms with Gasteiger partial charge in [-0.1, -0.05) is 0 Å². The number of carbonyl (C=O) groups is 1. The fourth-order valence-corrected chi connectivity index (χ4v) is 4.35. The molecule has 2 aromatic heterocycles. The van der Waals surface area contributed by atoms with E-state index in [1.807, 2.05) is 11.0 Å². The quantitative estimate of drug-likeness (QED) is 0.657. The number of thiazole rings is 1. The maximum absolute atomic E-state index is 12.8. The molecular weight excluding hydrogens is 394 g/mol. The Bertz CT molecular complexity index is 847. The summed E-state index contributed by atoms with van der Waals surface area (Å²) in [5.41, 5.74) is -0.0574. The number of rotatable bonds is 5. The van der Waals surface area contributed by atoms with Gasteiger partial charge < -0.3 is 30.1 Å². The standard InChI is InChI=1S/C19H25N5O4S/c25-13-19(27)3-6-23(7-4-19)16-14(2-1-5-20-16)21-17(26)15-12-29-18(22-15)24-8-10-28-11-9-24/h1-2,5,12,25,27H,3-4,6-11,13H2,(H,21,26). The molecule has 0 bridgehead atoms. The van der Waals surface area contributed by atoms with Gasteiger partial charge in [0.2, 0.25) is 0 Å². The fourth-order valence-electron chi connectivity index (χ4n) is 3.49. The van der Waals surface area contributed by atoms with E-state index < -0.39 is 5.60 Å². The minimum Gasteiger partial charge on any atom is -0.393 e. The predicted molar refractivity (Wildman–Crippen MR) is 111 cm³/mol. The SMILES string of the molecule is O=C(Nc1cccnc1N1CCC(O)(CO)CC1)c1csc(N2CCOCC2)n1. The van der Waals surface area contributed by atoms with Crippen LogP contribution in [0, 0.1) is 0 Å². The van der Waals surface area contributed by atoms with Gasteiger partial charge in [0.15, 0.2) is 10.9 Å². The van der Waals surface area contributed by atoms with E-state index in [9.17, 15) is 15.0 Å². The molecule has 0 aromatic carbocycles. The van der Waals surface area contributed by atoms with E-state index in [0.29, 0.717) is 56.3 Å². The number of nitrogens with one attached hydrogen (secondary N) is 1. The van der Waals surface area contributed by atoms with Crippen molar-refractivity contribution in [3.05, 3.63) is 29.4 Å². The van der Waals surface area contributed by atoms with Crippen LogP contribution in [0.15, 0.2) is 23.7 Å². The Morgan fingerprint density at radius 2 is 2.00 bits per heavy atom. The molecule has 4 heterocycles. The van der Waals surface area contributed by atoms with E-state index in [1.165, 1.54) is 11.3 Å². The van der Waals surface area contributed by atoms with Crippen molar-refractivity contribution in [1.29, 1.82) is 0 Å². The van der Waals surface area contributed by atoms with E-state index in [-0.39, 0.29) is 12.5 Å². The average molecular weight is 420 g/mol. The monoisotopic (exact) mass is 419 g/mol. The highest BCUT2D eigenvalue weighted by Crippen LogP contribution is 2.30. The van der Waals surface area contributed by atoms with Crippen molar-refractivity contribution in [1.82, 2.24) is 9.97 Å². The molecule has 0 radical (unpaired) electrons. The maximum atomic E-state index is 12.8. The zero-order chi connectivity index (χ0) is 20.3. The summed E-state index contributed by atoms with van der Waals surface area (Å²) in [7, 11) is 0. The minimum atomic E-state index is -1.04. The zero-order valence-electron chi connectivity index (χ0n) is 16.1. The number of pyridine rings is 1. The molecule has 2 fully saturated rings. The number of aliphatic hydroxyl groups is 2. The molecule has 10 heteroatoms. The van der Waals surface area contributed by atoms with E-state index >= 15 is 0 Å². The highest BCUT2D eigenvalue weighted by Gasteiger charge is 2.32. The first-order chi connectivity index (χ1) is 14.1. The van der Waals surface area contributed by atoms with Gasteiger partial charge in [-0.3, -0.25) is 4.79 Å². The lowest BCUT2D eigenvalue weighted by molar-refractivity contribution is -0.0326. The molecule has 4 rings (SSSR count). The van der Waals surface area contributed by atoms with Crippen LogP contribution in [0.1, 0.15) is 23.3 Å². The second-order valence-corrected chi connectivity index (χ2v) is 8.15. The van der Waals surface area contributed by atoms with Gasteiger partial charge in [0.1, 0.15) is 5.69 Å². The van der Waals surface area contributed by atoms with Crippen molar-refractivity contribution in [2.45, 2.75) is 18.4 Å². The molecule has 3 N–H and O–H groups in total. The summed E-state index contributed by atoms with van der Waals surface area (Å²) in [6.45, 7) is 3.74. The number of ether oxygens (including phenoxy) is 1. The molecule has 2 saturated heterocycles. The second-order valence-electron chi connectivity index (χ2n) is 7.31. The van der Waals surface area contributed by atoms with E-state index in [4.69, 9.17) is 4.74 Å². The topological polar surface area (TPSA) is 111 Å². The van der Waals surface area contributed by atoms with Gasteiger partial charge in [-0.2, -0.15) is 0 Å². The van der Waals surface area contributed by atoms with Crippen LogP contribution in [0.25, 0.3) is 0 Å². The lowest BCUT2D eigenvalue weighted by atomic mass is 9.92. The Morgan fingerprint density at radius 1 is 1.24 bits per heavy atom. The molecule has 0 atom stereocenters. The molecule has 29 heavy (non-hydrogen) atoms. The third-order valence-corrected chi connectivity index (χ3v) is 6.23. The van der Waals surface area contributed by atoms with Crippen molar-refractivity contribution in [3.8, 4) is 0 Å². The van der Waals surface area contributed by atoms with E-state index in [0.717, 1.165) is 18.2 Å². The number of hydrogen-bond acceptors (Lipinski definition) is 9. The normalized spacial score (nSPS) is 19.2. The van der Waals surface area contributed by atoms with Crippen LogP contribution in [0.3, 0.4) is 0 Å². The smallest absolute Gasteiger partial charge is 0.275 e. The summed E-state index contributed by atoms with van der Waals surface area (Å²) in [5.74, 6) is 0.378. The second kappa shape index (κ2) is 8.62. The van der Waals surface area contributed by atoms with Crippen molar-refractivity contribution in [2.24, 2.45) is 0 Å². The molecule has 0 saturated carbocycles. The van der Waals surface area contributed by atoms with Crippen molar-refractivity contribution in [3.63, 3.8) is 0 Å². The van der Waals surface area contributed by atoms with Crippen LogP contribution in [0.2, 0.25) is 0 Å². The summed E-state index contributed by atoms with van der Waals surface area (Å²) < 4.78 is 5.36. The Labute approximate surface area is 173 Å². The molecule has 156 valence electrons. The number of hydrogen-bond donors (Lipinski definition) is 3. The summed E-state index contributed by atoms with van der Waals surface area (Å²) in [5, 5.41) is 25.1. The van der Waals surface area contributed by atoms with Crippen LogP contribution >= 0.6 is 11.3 Å². The number of carbonyl (C=O) groups excluding carboxylic acids is 1. The van der Waals surface area contributed by atoms with Gasteiger partial charge in [-0.25, -0.2) is 9.97 Å². The molecule has 0 spiro atoms.